The first-order chi connectivity index (χ1) is 6.20. The Morgan fingerprint density at radius 2 is 2.08 bits per heavy atom. The average molecular weight is 193 g/mol. The molecule has 0 amide bonds. The van der Waals surface area contributed by atoms with Crippen LogP contribution in [0.4, 0.5) is 0 Å². The van der Waals surface area contributed by atoms with Crippen molar-refractivity contribution >= 4 is 17.7 Å². The summed E-state index contributed by atoms with van der Waals surface area (Å²) in [6, 6.07) is 4.34. The maximum atomic E-state index is 6.30. The lowest BCUT2D eigenvalue weighted by Crippen LogP contribution is -1.92. The van der Waals surface area contributed by atoms with E-state index in [2.05, 4.69) is 38.1 Å². The minimum Gasteiger partial charge on any atom is -0.0834 e. The fraction of sp³-hybridized carbons (Fsp3) is 0.333. The van der Waals surface area contributed by atoms with Crippen LogP contribution < -0.4 is 0 Å². The smallest absolute Gasteiger partial charge is 0.0515 e. The number of fused-ring (bicyclic) bond motifs is 1. The Morgan fingerprint density at radius 1 is 1.31 bits per heavy atom. The number of hydrogen-bond acceptors (Lipinski definition) is 0. The molecule has 0 saturated carbocycles. The third kappa shape index (κ3) is 1.40. The summed E-state index contributed by atoms with van der Waals surface area (Å²) in [5.74, 6) is 0.506. The lowest BCUT2D eigenvalue weighted by molar-refractivity contribution is 0.865. The molecular formula is C12H13Cl. The second-order valence-corrected chi connectivity index (χ2v) is 4.18. The van der Waals surface area contributed by atoms with Crippen LogP contribution >= 0.6 is 11.6 Å². The number of rotatable bonds is 1. The summed E-state index contributed by atoms with van der Waals surface area (Å²) in [6.45, 7) is 4.35. The largest absolute Gasteiger partial charge is 0.0834 e. The van der Waals surface area contributed by atoms with E-state index in [0.717, 1.165) is 11.4 Å². The molecule has 0 spiro atoms. The molecule has 0 aliphatic heterocycles. The molecule has 68 valence electrons. The lowest BCUT2D eigenvalue weighted by atomic mass is 9.98. The van der Waals surface area contributed by atoms with E-state index in [1.807, 2.05) is 0 Å². The van der Waals surface area contributed by atoms with Crippen LogP contribution in [-0.2, 0) is 6.42 Å². The van der Waals surface area contributed by atoms with Crippen LogP contribution in [0.3, 0.4) is 0 Å². The maximum Gasteiger partial charge on any atom is 0.0515 e. The first kappa shape index (κ1) is 8.83. The maximum absolute atomic E-state index is 6.30. The SMILES string of the molecule is CC(C)c1ccc2c(c1Cl)C=CC2. The normalized spacial score (nSPS) is 13.8. The quantitative estimate of drug-likeness (QED) is 0.630. The Bertz CT molecular complexity index is 362. The van der Waals surface area contributed by atoms with Gasteiger partial charge in [-0.1, -0.05) is 49.7 Å². The van der Waals surface area contributed by atoms with Crippen molar-refractivity contribution in [3.63, 3.8) is 0 Å². The fourth-order valence-corrected chi connectivity index (χ4v) is 2.22. The monoisotopic (exact) mass is 192 g/mol. The molecule has 0 nitrogen and oxygen atoms in total. The van der Waals surface area contributed by atoms with Gasteiger partial charge in [-0.3, -0.25) is 0 Å². The second kappa shape index (κ2) is 3.19. The topological polar surface area (TPSA) is 0 Å². The van der Waals surface area contributed by atoms with E-state index in [0.29, 0.717) is 5.92 Å². The van der Waals surface area contributed by atoms with Gasteiger partial charge in [0.15, 0.2) is 0 Å². The molecule has 0 unspecified atom stereocenters. The minimum atomic E-state index is 0.506. The third-order valence-corrected chi connectivity index (χ3v) is 2.97. The van der Waals surface area contributed by atoms with Gasteiger partial charge in [0, 0.05) is 0 Å². The molecule has 1 aromatic rings. The number of benzene rings is 1. The highest BCUT2D eigenvalue weighted by molar-refractivity contribution is 6.33. The van der Waals surface area contributed by atoms with E-state index in [4.69, 9.17) is 11.6 Å². The van der Waals surface area contributed by atoms with Crippen LogP contribution in [0.5, 0.6) is 0 Å². The molecule has 0 saturated heterocycles. The Kier molecular flexibility index (Phi) is 2.17. The van der Waals surface area contributed by atoms with Gasteiger partial charge in [0.1, 0.15) is 0 Å². The Balaban J connectivity index is 2.58. The first-order valence-corrected chi connectivity index (χ1v) is 5.05. The van der Waals surface area contributed by atoms with E-state index >= 15 is 0 Å². The molecule has 0 atom stereocenters. The molecule has 0 heterocycles. The van der Waals surface area contributed by atoms with Crippen molar-refractivity contribution < 1.29 is 0 Å². The first-order valence-electron chi connectivity index (χ1n) is 4.68. The number of hydrogen-bond donors (Lipinski definition) is 0. The molecule has 0 aromatic heterocycles. The molecule has 2 rings (SSSR count). The molecule has 1 aliphatic carbocycles. The minimum absolute atomic E-state index is 0.506. The van der Waals surface area contributed by atoms with Crippen molar-refractivity contribution in [3.8, 4) is 0 Å². The van der Waals surface area contributed by atoms with Crippen LogP contribution in [0.1, 0.15) is 36.5 Å². The van der Waals surface area contributed by atoms with Gasteiger partial charge >= 0.3 is 0 Å². The van der Waals surface area contributed by atoms with Crippen molar-refractivity contribution in [1.82, 2.24) is 0 Å². The van der Waals surface area contributed by atoms with Gasteiger partial charge in [-0.15, -0.1) is 0 Å². The highest BCUT2D eigenvalue weighted by Gasteiger charge is 2.13. The predicted molar refractivity (Wildman–Crippen MR) is 58.3 cm³/mol. The summed E-state index contributed by atoms with van der Waals surface area (Å²) in [6.07, 6.45) is 5.33. The molecule has 0 radical (unpaired) electrons. The zero-order valence-electron chi connectivity index (χ0n) is 7.97. The Labute approximate surface area is 84.2 Å². The van der Waals surface area contributed by atoms with Crippen LogP contribution in [-0.4, -0.2) is 0 Å². The van der Waals surface area contributed by atoms with E-state index in [-0.39, 0.29) is 0 Å². The molecule has 0 fully saturated rings. The van der Waals surface area contributed by atoms with E-state index < -0.39 is 0 Å². The molecular weight excluding hydrogens is 180 g/mol. The van der Waals surface area contributed by atoms with Crippen molar-refractivity contribution in [2.75, 3.05) is 0 Å². The van der Waals surface area contributed by atoms with Crippen molar-refractivity contribution in [1.29, 1.82) is 0 Å². The van der Waals surface area contributed by atoms with Gasteiger partial charge in [0.25, 0.3) is 0 Å². The summed E-state index contributed by atoms with van der Waals surface area (Å²) >= 11 is 6.30. The Hall–Kier alpha value is -0.750. The number of halogens is 1. The average Bonchev–Trinajstić information content (AvgIpc) is 2.52. The van der Waals surface area contributed by atoms with Gasteiger partial charge < -0.3 is 0 Å². The van der Waals surface area contributed by atoms with Gasteiger partial charge in [-0.05, 0) is 29.0 Å². The van der Waals surface area contributed by atoms with Gasteiger partial charge in [-0.25, -0.2) is 0 Å². The number of allylic oxidation sites excluding steroid dienone is 1. The molecule has 1 aromatic carbocycles. The molecule has 1 heteroatoms. The zero-order valence-corrected chi connectivity index (χ0v) is 8.73. The van der Waals surface area contributed by atoms with E-state index in [1.165, 1.54) is 16.7 Å². The zero-order chi connectivity index (χ0) is 9.42. The summed E-state index contributed by atoms with van der Waals surface area (Å²) in [7, 11) is 0. The van der Waals surface area contributed by atoms with Crippen molar-refractivity contribution in [2.24, 2.45) is 0 Å². The van der Waals surface area contributed by atoms with Crippen molar-refractivity contribution in [2.45, 2.75) is 26.2 Å². The summed E-state index contributed by atoms with van der Waals surface area (Å²) in [5, 5.41) is 0.946. The highest BCUT2D eigenvalue weighted by atomic mass is 35.5. The fourth-order valence-electron chi connectivity index (χ4n) is 1.76. The van der Waals surface area contributed by atoms with Gasteiger partial charge in [0.05, 0.1) is 5.02 Å². The van der Waals surface area contributed by atoms with Crippen molar-refractivity contribution in [3.05, 3.63) is 39.9 Å². The van der Waals surface area contributed by atoms with Crippen LogP contribution in [0.25, 0.3) is 6.08 Å². The van der Waals surface area contributed by atoms with Gasteiger partial charge in [-0.2, -0.15) is 0 Å². The van der Waals surface area contributed by atoms with Crippen LogP contribution in [0.2, 0.25) is 5.02 Å². The third-order valence-electron chi connectivity index (χ3n) is 2.54. The summed E-state index contributed by atoms with van der Waals surface area (Å²) < 4.78 is 0. The Morgan fingerprint density at radius 3 is 2.77 bits per heavy atom. The lowest BCUT2D eigenvalue weighted by Gasteiger charge is -2.11. The standard InChI is InChI=1S/C12H13Cl/c1-8(2)10-7-6-9-4-3-5-11(9)12(10)13/h3,5-8H,4H2,1-2H3. The van der Waals surface area contributed by atoms with Gasteiger partial charge in [0.2, 0.25) is 0 Å². The molecule has 0 N–H and O–H groups in total. The molecule has 13 heavy (non-hydrogen) atoms. The molecule has 1 aliphatic rings. The summed E-state index contributed by atoms with van der Waals surface area (Å²) in [4.78, 5) is 0. The molecule has 0 bridgehead atoms. The second-order valence-electron chi connectivity index (χ2n) is 3.80. The summed E-state index contributed by atoms with van der Waals surface area (Å²) in [5.41, 5.74) is 3.84. The van der Waals surface area contributed by atoms with E-state index in [1.54, 1.807) is 0 Å². The van der Waals surface area contributed by atoms with Crippen LogP contribution in [0, 0.1) is 0 Å². The predicted octanol–water partition coefficient (Wildman–Crippen LogP) is 4.03. The highest BCUT2D eigenvalue weighted by Crippen LogP contribution is 2.33. The van der Waals surface area contributed by atoms with Crippen LogP contribution in [0.15, 0.2) is 18.2 Å². The van der Waals surface area contributed by atoms with E-state index in [9.17, 15) is 0 Å².